The number of carbonyl (C=O) groups is 4. The summed E-state index contributed by atoms with van der Waals surface area (Å²) in [6, 6.07) is 12.3. The number of pyridine rings is 1. The maximum atomic E-state index is 14.2. The number of hydrogen-bond donors (Lipinski definition) is 1. The summed E-state index contributed by atoms with van der Waals surface area (Å²) in [5, 5.41) is 14.3. The molecule has 0 spiro atoms. The van der Waals surface area contributed by atoms with Crippen molar-refractivity contribution in [2.45, 2.75) is 24.9 Å². The molecule has 0 radical (unpaired) electrons. The normalized spacial score (nSPS) is 24.5. The van der Waals surface area contributed by atoms with Gasteiger partial charge in [0.05, 0.1) is 21.3 Å². The zero-order valence-electron chi connectivity index (χ0n) is 23.8. The number of carbonyl (C=O) groups excluding carboxylic acids is 4. The molecule has 4 aliphatic rings. The predicted octanol–water partition coefficient (Wildman–Crippen LogP) is 6.43. The number of aromatic hydroxyl groups is 1. The topological polar surface area (TPSA) is 108 Å². The van der Waals surface area contributed by atoms with E-state index in [9.17, 15) is 37.5 Å². The Morgan fingerprint density at radius 1 is 1.02 bits per heavy atom. The molecule has 1 aromatic heterocycles. The van der Waals surface area contributed by atoms with Crippen LogP contribution in [0.4, 0.5) is 19.0 Å². The molecular formula is C33H22BrClF3N3O5. The Balaban J connectivity index is 1.34. The molecule has 1 saturated heterocycles. The molecule has 4 unspecified atom stereocenters. The minimum atomic E-state index is -4.80. The number of fused-ring (bicyclic) bond motifs is 4. The standard InChI is InChI=1S/C33H22BrClF3N3O5/c1-40(30-22(35)10-11-24(39-30)33(36,37)38)41-31(45)18-9-8-16-19(26(18)32(41)46)12-20-27(23(42)13-21(34)29(20)44)25(16)17-7-6-14-4-2-3-5-15(14)28(17)43/h2-8,10-11,13,18-19,25-26,43H,9,12H2,1H3. The molecule has 1 fully saturated rings. The first-order valence-corrected chi connectivity index (χ1v) is 15.4. The zero-order chi connectivity index (χ0) is 32.8. The van der Waals surface area contributed by atoms with Gasteiger partial charge in [-0.25, -0.2) is 4.98 Å². The number of halogens is 5. The van der Waals surface area contributed by atoms with Gasteiger partial charge in [-0.2, -0.15) is 18.2 Å². The van der Waals surface area contributed by atoms with Crippen molar-refractivity contribution in [1.29, 1.82) is 0 Å². The number of nitrogens with zero attached hydrogens (tertiary/aromatic N) is 3. The second-order valence-electron chi connectivity index (χ2n) is 11.6. The quantitative estimate of drug-likeness (QED) is 0.190. The lowest BCUT2D eigenvalue weighted by atomic mass is 9.59. The number of benzene rings is 2. The minimum absolute atomic E-state index is 0.0279. The summed E-state index contributed by atoms with van der Waals surface area (Å²) in [5.74, 6) is -6.23. The fourth-order valence-electron chi connectivity index (χ4n) is 7.26. The number of hydrazine groups is 1. The molecule has 2 aromatic carbocycles. The summed E-state index contributed by atoms with van der Waals surface area (Å²) >= 11 is 9.38. The van der Waals surface area contributed by atoms with Crippen molar-refractivity contribution >= 4 is 67.5 Å². The van der Waals surface area contributed by atoms with E-state index in [0.29, 0.717) is 22.6 Å². The molecule has 7 rings (SSSR count). The number of aromatic nitrogens is 1. The highest BCUT2D eigenvalue weighted by Crippen LogP contribution is 2.57. The summed E-state index contributed by atoms with van der Waals surface area (Å²) < 4.78 is 40.5. The maximum absolute atomic E-state index is 14.2. The monoisotopic (exact) mass is 711 g/mol. The van der Waals surface area contributed by atoms with Crippen LogP contribution in [0.15, 0.2) is 81.9 Å². The van der Waals surface area contributed by atoms with Crippen molar-refractivity contribution in [2.75, 3.05) is 12.1 Å². The van der Waals surface area contributed by atoms with E-state index in [-0.39, 0.29) is 39.2 Å². The van der Waals surface area contributed by atoms with Crippen molar-refractivity contribution in [1.82, 2.24) is 9.99 Å². The number of amides is 2. The summed E-state index contributed by atoms with van der Waals surface area (Å²) in [4.78, 5) is 58.6. The Morgan fingerprint density at radius 3 is 2.50 bits per heavy atom. The van der Waals surface area contributed by atoms with Crippen molar-refractivity contribution in [3.05, 3.63) is 98.2 Å². The van der Waals surface area contributed by atoms with Gasteiger partial charge in [0.2, 0.25) is 0 Å². The number of Topliss-reactive ketones (excluding diaryl/α,β-unsaturated/α-hetero) is 1. The van der Waals surface area contributed by atoms with E-state index in [0.717, 1.165) is 21.5 Å². The highest BCUT2D eigenvalue weighted by molar-refractivity contribution is 9.12. The fourth-order valence-corrected chi connectivity index (χ4v) is 7.93. The molecule has 4 atom stereocenters. The molecule has 46 heavy (non-hydrogen) atoms. The Hall–Kier alpha value is -4.29. The average molecular weight is 713 g/mol. The van der Waals surface area contributed by atoms with Crippen molar-refractivity contribution in [3.63, 3.8) is 0 Å². The molecule has 3 aliphatic carbocycles. The molecule has 1 aliphatic heterocycles. The van der Waals surface area contributed by atoms with Crippen LogP contribution >= 0.6 is 27.5 Å². The van der Waals surface area contributed by atoms with Crippen LogP contribution in [0.5, 0.6) is 5.75 Å². The first kappa shape index (κ1) is 30.4. The summed E-state index contributed by atoms with van der Waals surface area (Å²) in [6.07, 6.45) is -1.75. The van der Waals surface area contributed by atoms with Crippen LogP contribution in [0, 0.1) is 17.8 Å². The SMILES string of the molecule is CN(c1nc(C(F)(F)F)ccc1Cl)N1C(=O)C2CC=C3C(c4ccc5ccccc5c4O)C4=C(CC3C2C1=O)C(=O)C(Br)=CC4=O. The van der Waals surface area contributed by atoms with Crippen LogP contribution in [0.2, 0.25) is 5.02 Å². The molecule has 2 heterocycles. The number of ketones is 2. The van der Waals surface area contributed by atoms with Crippen LogP contribution in [-0.2, 0) is 25.4 Å². The largest absolute Gasteiger partial charge is 0.507 e. The third-order valence-corrected chi connectivity index (χ3v) is 10.2. The van der Waals surface area contributed by atoms with Gasteiger partial charge in [0.1, 0.15) is 11.4 Å². The van der Waals surface area contributed by atoms with Crippen molar-refractivity contribution in [3.8, 4) is 5.75 Å². The van der Waals surface area contributed by atoms with Crippen LogP contribution in [0.1, 0.15) is 30.0 Å². The average Bonchev–Trinajstić information content (AvgIpc) is 3.28. The van der Waals surface area contributed by atoms with Crippen LogP contribution < -0.4 is 5.01 Å². The maximum Gasteiger partial charge on any atom is 0.433 e. The van der Waals surface area contributed by atoms with Crippen molar-refractivity contribution in [2.24, 2.45) is 17.8 Å². The number of imide groups is 1. The third-order valence-electron chi connectivity index (χ3n) is 9.28. The number of rotatable bonds is 3. The highest BCUT2D eigenvalue weighted by atomic mass is 79.9. The minimum Gasteiger partial charge on any atom is -0.507 e. The lowest BCUT2D eigenvalue weighted by Gasteiger charge is -2.42. The van der Waals surface area contributed by atoms with Crippen LogP contribution in [0.25, 0.3) is 10.8 Å². The van der Waals surface area contributed by atoms with Gasteiger partial charge in [-0.3, -0.25) is 24.2 Å². The zero-order valence-corrected chi connectivity index (χ0v) is 26.2. The second-order valence-corrected chi connectivity index (χ2v) is 12.9. The summed E-state index contributed by atoms with van der Waals surface area (Å²) in [6.45, 7) is 0. The summed E-state index contributed by atoms with van der Waals surface area (Å²) in [7, 11) is 1.23. The van der Waals surface area contributed by atoms with Gasteiger partial charge in [-0.15, -0.1) is 0 Å². The Morgan fingerprint density at radius 2 is 1.76 bits per heavy atom. The smallest absolute Gasteiger partial charge is 0.433 e. The number of phenolic OH excluding ortho intramolecular Hbond substituents is 1. The molecule has 8 nitrogen and oxygen atoms in total. The first-order chi connectivity index (χ1) is 21.8. The van der Waals surface area contributed by atoms with E-state index in [1.165, 1.54) is 13.1 Å². The molecule has 0 saturated carbocycles. The van der Waals surface area contributed by atoms with E-state index >= 15 is 0 Å². The lowest BCUT2D eigenvalue weighted by molar-refractivity contribution is -0.141. The van der Waals surface area contributed by atoms with Gasteiger partial charge < -0.3 is 5.11 Å². The van der Waals surface area contributed by atoms with Gasteiger partial charge in [0.15, 0.2) is 17.4 Å². The van der Waals surface area contributed by atoms with Gasteiger partial charge in [0.25, 0.3) is 11.8 Å². The Bertz CT molecular complexity index is 2020. The van der Waals surface area contributed by atoms with E-state index in [1.54, 1.807) is 30.3 Å². The molecule has 3 aromatic rings. The van der Waals surface area contributed by atoms with E-state index in [2.05, 4.69) is 20.9 Å². The van der Waals surface area contributed by atoms with E-state index < -0.39 is 64.7 Å². The van der Waals surface area contributed by atoms with Gasteiger partial charge in [-0.1, -0.05) is 59.6 Å². The van der Waals surface area contributed by atoms with Gasteiger partial charge >= 0.3 is 6.18 Å². The van der Waals surface area contributed by atoms with Crippen LogP contribution in [-0.4, -0.2) is 45.5 Å². The lowest BCUT2D eigenvalue weighted by Crippen LogP contribution is -2.46. The number of alkyl halides is 3. The number of hydrogen-bond acceptors (Lipinski definition) is 7. The van der Waals surface area contributed by atoms with E-state index in [1.807, 2.05) is 12.1 Å². The molecule has 0 bridgehead atoms. The molecule has 13 heteroatoms. The Labute approximate surface area is 272 Å². The van der Waals surface area contributed by atoms with E-state index in [4.69, 9.17) is 11.6 Å². The second kappa shape index (κ2) is 10.6. The first-order valence-electron chi connectivity index (χ1n) is 14.2. The van der Waals surface area contributed by atoms with Gasteiger partial charge in [0, 0.05) is 41.1 Å². The fraction of sp³-hybridized carbons (Fsp3) is 0.242. The molecule has 2 amide bonds. The Kier molecular flexibility index (Phi) is 7.02. The predicted molar refractivity (Wildman–Crippen MR) is 165 cm³/mol. The highest BCUT2D eigenvalue weighted by Gasteiger charge is 2.58. The number of phenols is 1. The molecule has 1 N–H and O–H groups in total. The van der Waals surface area contributed by atoms with Crippen LogP contribution in [0.3, 0.4) is 0 Å². The number of allylic oxidation sites excluding steroid dienone is 6. The van der Waals surface area contributed by atoms with Gasteiger partial charge in [-0.05, 0) is 52.2 Å². The molecule has 234 valence electrons. The summed E-state index contributed by atoms with van der Waals surface area (Å²) in [5.41, 5.74) is 0.112. The molecular weight excluding hydrogens is 691 g/mol. The number of anilines is 1. The van der Waals surface area contributed by atoms with Crippen molar-refractivity contribution < 1.29 is 37.5 Å². The third kappa shape index (κ3) is 4.44.